The maximum absolute atomic E-state index is 12.7. The predicted octanol–water partition coefficient (Wildman–Crippen LogP) is 0.0864. The van der Waals surface area contributed by atoms with Crippen LogP contribution in [0.3, 0.4) is 0 Å². The van der Waals surface area contributed by atoms with Gasteiger partial charge < -0.3 is 9.80 Å². The molecule has 2 heterocycles. The van der Waals surface area contributed by atoms with Gasteiger partial charge in [0.15, 0.2) is 5.82 Å². The molecule has 1 aromatic carbocycles. The fourth-order valence-corrected chi connectivity index (χ4v) is 3.39. The van der Waals surface area contributed by atoms with Crippen molar-refractivity contribution in [3.63, 3.8) is 0 Å². The number of sulfonamides is 1. The topological polar surface area (TPSA) is 109 Å². The fourth-order valence-electron chi connectivity index (χ4n) is 2.66. The maximum Gasteiger partial charge on any atom is 0.255 e. The number of anilines is 1. The highest BCUT2D eigenvalue weighted by atomic mass is 32.2. The van der Waals surface area contributed by atoms with Gasteiger partial charge in [0.2, 0.25) is 10.0 Å². The summed E-state index contributed by atoms with van der Waals surface area (Å²) in [6.45, 7) is 2.13. The number of carbonyl (C=O) groups excluding carboxylic acids is 1. The largest absolute Gasteiger partial charge is 0.352 e. The van der Waals surface area contributed by atoms with Crippen LogP contribution in [0.1, 0.15) is 10.4 Å². The number of carbonyl (C=O) groups is 1. The van der Waals surface area contributed by atoms with Crippen molar-refractivity contribution < 1.29 is 13.2 Å². The van der Waals surface area contributed by atoms with Crippen molar-refractivity contribution in [3.05, 3.63) is 48.2 Å². The summed E-state index contributed by atoms with van der Waals surface area (Å²) < 4.78 is 23.3. The van der Waals surface area contributed by atoms with E-state index in [1.54, 1.807) is 23.2 Å². The Bertz CT molecular complexity index is 833. The summed E-state index contributed by atoms with van der Waals surface area (Å²) in [7, 11) is -3.95. The molecule has 8 nitrogen and oxygen atoms in total. The van der Waals surface area contributed by atoms with E-state index in [1.807, 2.05) is 17.0 Å². The molecule has 2 aromatic rings. The second-order valence-corrected chi connectivity index (χ2v) is 6.93. The molecule has 1 aliphatic heterocycles. The summed E-state index contributed by atoms with van der Waals surface area (Å²) in [6, 6.07) is 9.67. The van der Waals surface area contributed by atoms with Crippen LogP contribution in [-0.4, -0.2) is 55.6 Å². The van der Waals surface area contributed by atoms with Crippen LogP contribution in [0.15, 0.2) is 47.5 Å². The lowest BCUT2D eigenvalue weighted by Crippen LogP contribution is -2.49. The van der Waals surface area contributed by atoms with Crippen LogP contribution in [0.2, 0.25) is 0 Å². The highest BCUT2D eigenvalue weighted by Gasteiger charge is 2.26. The predicted molar refractivity (Wildman–Crippen MR) is 88.0 cm³/mol. The molecule has 1 saturated heterocycles. The minimum absolute atomic E-state index is 0.105. The number of amides is 1. The van der Waals surface area contributed by atoms with Crippen LogP contribution in [0.5, 0.6) is 0 Å². The molecule has 0 unspecified atom stereocenters. The van der Waals surface area contributed by atoms with Crippen LogP contribution in [0, 0.1) is 0 Å². The molecule has 1 aromatic heterocycles. The van der Waals surface area contributed by atoms with Crippen LogP contribution < -0.4 is 10.0 Å². The van der Waals surface area contributed by atoms with Gasteiger partial charge in [-0.15, -0.1) is 5.10 Å². The standard InChI is InChI=1S/C15H17N5O3S/c16-24(22,23)13-5-2-1-4-12(13)15(21)20-10-8-19(9-11-20)14-6-3-7-17-18-14/h1-7H,8-11H2,(H2,16,22,23). The lowest BCUT2D eigenvalue weighted by Gasteiger charge is -2.35. The van der Waals surface area contributed by atoms with E-state index in [0.717, 1.165) is 5.82 Å². The Morgan fingerprint density at radius 3 is 2.38 bits per heavy atom. The van der Waals surface area contributed by atoms with Gasteiger partial charge in [0.05, 0.1) is 10.5 Å². The Labute approximate surface area is 139 Å². The average molecular weight is 347 g/mol. The number of benzene rings is 1. The molecule has 3 rings (SSSR count). The number of primary sulfonamides is 1. The highest BCUT2D eigenvalue weighted by molar-refractivity contribution is 7.89. The molecule has 9 heteroatoms. The van der Waals surface area contributed by atoms with E-state index < -0.39 is 10.0 Å². The summed E-state index contributed by atoms with van der Waals surface area (Å²) in [5, 5.41) is 13.1. The van der Waals surface area contributed by atoms with E-state index in [-0.39, 0.29) is 16.4 Å². The van der Waals surface area contributed by atoms with Gasteiger partial charge in [-0.3, -0.25) is 4.79 Å². The Kier molecular flexibility index (Phi) is 4.45. The maximum atomic E-state index is 12.7. The molecule has 1 amide bonds. The highest BCUT2D eigenvalue weighted by Crippen LogP contribution is 2.18. The molecule has 2 N–H and O–H groups in total. The SMILES string of the molecule is NS(=O)(=O)c1ccccc1C(=O)N1CCN(c2cccnn2)CC1. The van der Waals surface area contributed by atoms with Gasteiger partial charge in [-0.2, -0.15) is 5.10 Å². The number of piperazine rings is 1. The normalized spacial score (nSPS) is 15.4. The smallest absolute Gasteiger partial charge is 0.255 e. The van der Waals surface area contributed by atoms with E-state index in [0.29, 0.717) is 26.2 Å². The van der Waals surface area contributed by atoms with Gasteiger partial charge in [-0.25, -0.2) is 13.6 Å². The molecule has 0 bridgehead atoms. The molecule has 0 aliphatic carbocycles. The number of aromatic nitrogens is 2. The molecular weight excluding hydrogens is 330 g/mol. The summed E-state index contributed by atoms with van der Waals surface area (Å²) in [5.74, 6) is 0.424. The van der Waals surface area contributed by atoms with Crippen molar-refractivity contribution in [3.8, 4) is 0 Å². The first kappa shape index (κ1) is 16.3. The number of rotatable bonds is 3. The quantitative estimate of drug-likeness (QED) is 0.842. The van der Waals surface area contributed by atoms with Crippen molar-refractivity contribution in [1.82, 2.24) is 15.1 Å². The summed E-state index contributed by atoms with van der Waals surface area (Å²) in [4.78, 5) is 16.2. The number of nitrogens with zero attached hydrogens (tertiary/aromatic N) is 4. The molecule has 0 radical (unpaired) electrons. The van der Waals surface area contributed by atoms with Crippen LogP contribution in [0.4, 0.5) is 5.82 Å². The van der Waals surface area contributed by atoms with E-state index in [9.17, 15) is 13.2 Å². The first-order chi connectivity index (χ1) is 11.5. The molecular formula is C15H17N5O3S. The molecule has 0 atom stereocenters. The number of hydrogen-bond acceptors (Lipinski definition) is 6. The molecule has 1 fully saturated rings. The average Bonchev–Trinajstić information content (AvgIpc) is 2.61. The Hall–Kier alpha value is -2.52. The van der Waals surface area contributed by atoms with Gasteiger partial charge in [0.1, 0.15) is 0 Å². The second kappa shape index (κ2) is 6.54. The minimum Gasteiger partial charge on any atom is -0.352 e. The number of hydrogen-bond donors (Lipinski definition) is 1. The monoisotopic (exact) mass is 347 g/mol. The molecule has 0 spiro atoms. The molecule has 126 valence electrons. The zero-order valence-electron chi connectivity index (χ0n) is 12.9. The second-order valence-electron chi connectivity index (χ2n) is 5.40. The third kappa shape index (κ3) is 3.36. The first-order valence-corrected chi connectivity index (χ1v) is 8.95. The van der Waals surface area contributed by atoms with Crippen LogP contribution >= 0.6 is 0 Å². The van der Waals surface area contributed by atoms with Gasteiger partial charge in [0.25, 0.3) is 5.91 Å². The van der Waals surface area contributed by atoms with E-state index in [1.165, 1.54) is 12.1 Å². The third-order valence-corrected chi connectivity index (χ3v) is 4.84. The lowest BCUT2D eigenvalue weighted by atomic mass is 10.2. The number of nitrogens with two attached hydrogens (primary N) is 1. The van der Waals surface area contributed by atoms with Gasteiger partial charge in [-0.1, -0.05) is 12.1 Å². The van der Waals surface area contributed by atoms with Crippen molar-refractivity contribution in [2.24, 2.45) is 5.14 Å². The Balaban J connectivity index is 1.75. The minimum atomic E-state index is -3.95. The van der Waals surface area contributed by atoms with Crippen LogP contribution in [0.25, 0.3) is 0 Å². The summed E-state index contributed by atoms with van der Waals surface area (Å²) in [5.41, 5.74) is 0.105. The van der Waals surface area contributed by atoms with E-state index in [4.69, 9.17) is 5.14 Å². The van der Waals surface area contributed by atoms with Crippen molar-refractivity contribution >= 4 is 21.7 Å². The zero-order chi connectivity index (χ0) is 17.2. The summed E-state index contributed by atoms with van der Waals surface area (Å²) in [6.07, 6.45) is 1.60. The van der Waals surface area contributed by atoms with E-state index >= 15 is 0 Å². The van der Waals surface area contributed by atoms with Crippen molar-refractivity contribution in [1.29, 1.82) is 0 Å². The molecule has 0 saturated carbocycles. The van der Waals surface area contributed by atoms with Gasteiger partial charge in [-0.05, 0) is 24.3 Å². The fraction of sp³-hybridized carbons (Fsp3) is 0.267. The molecule has 1 aliphatic rings. The van der Waals surface area contributed by atoms with Crippen LogP contribution in [-0.2, 0) is 10.0 Å². The first-order valence-electron chi connectivity index (χ1n) is 7.40. The van der Waals surface area contributed by atoms with E-state index in [2.05, 4.69) is 10.2 Å². The van der Waals surface area contributed by atoms with Gasteiger partial charge in [0, 0.05) is 32.4 Å². The third-order valence-electron chi connectivity index (χ3n) is 3.87. The molecule has 24 heavy (non-hydrogen) atoms. The Morgan fingerprint density at radius 2 is 1.75 bits per heavy atom. The van der Waals surface area contributed by atoms with Gasteiger partial charge >= 0.3 is 0 Å². The zero-order valence-corrected chi connectivity index (χ0v) is 13.7. The van der Waals surface area contributed by atoms with Crippen molar-refractivity contribution in [2.45, 2.75) is 4.90 Å². The van der Waals surface area contributed by atoms with Crippen molar-refractivity contribution in [2.75, 3.05) is 31.1 Å². The lowest BCUT2D eigenvalue weighted by molar-refractivity contribution is 0.0742. The Morgan fingerprint density at radius 1 is 1.04 bits per heavy atom. The summed E-state index contributed by atoms with van der Waals surface area (Å²) >= 11 is 0.